The van der Waals surface area contributed by atoms with Crippen LogP contribution in [0.1, 0.15) is 12.8 Å². The molecule has 0 N–H and O–H groups in total. The van der Waals surface area contributed by atoms with Crippen LogP contribution in [-0.4, -0.2) is 38.5 Å². The van der Waals surface area contributed by atoms with Gasteiger partial charge in [-0.1, -0.05) is 0 Å². The average molecular weight is 179 g/mol. The van der Waals surface area contributed by atoms with Crippen LogP contribution in [-0.2, 0) is 0 Å². The van der Waals surface area contributed by atoms with Gasteiger partial charge in [0, 0.05) is 12.1 Å². The maximum absolute atomic E-state index is 3.99. The lowest BCUT2D eigenvalue weighted by Crippen LogP contribution is -2.30. The van der Waals surface area contributed by atoms with Gasteiger partial charge in [-0.3, -0.25) is 9.98 Å². The predicted octanol–water partition coefficient (Wildman–Crippen LogP) is 1.57. The summed E-state index contributed by atoms with van der Waals surface area (Å²) in [5, 5.41) is 0. The van der Waals surface area contributed by atoms with Crippen molar-refractivity contribution in [3.05, 3.63) is 11.9 Å². The van der Waals surface area contributed by atoms with E-state index in [4.69, 9.17) is 0 Å². The van der Waals surface area contributed by atoms with Crippen molar-refractivity contribution in [2.75, 3.05) is 20.1 Å². The van der Waals surface area contributed by atoms with Crippen molar-refractivity contribution in [3.63, 3.8) is 0 Å². The van der Waals surface area contributed by atoms with Crippen LogP contribution in [0.4, 0.5) is 0 Å². The largest absolute Gasteiger partial charge is 0.306 e. The molecule has 1 heterocycles. The van der Waals surface area contributed by atoms with Gasteiger partial charge in [-0.15, -0.1) is 0 Å². The van der Waals surface area contributed by atoms with Gasteiger partial charge in [0.25, 0.3) is 0 Å². The van der Waals surface area contributed by atoms with Crippen LogP contribution >= 0.6 is 0 Å². The summed E-state index contributed by atoms with van der Waals surface area (Å²) in [5.41, 5.74) is 0.989. The molecule has 0 aliphatic carbocycles. The molecule has 0 aromatic heterocycles. The number of piperidine rings is 1. The molecule has 1 fully saturated rings. The Bertz CT molecular complexity index is 212. The average Bonchev–Trinajstić information content (AvgIpc) is 2.16. The molecule has 0 amide bonds. The molecule has 3 heteroatoms. The predicted molar refractivity (Wildman–Crippen MR) is 57.4 cm³/mol. The molecular formula is C10H17N3. The van der Waals surface area contributed by atoms with Gasteiger partial charge >= 0.3 is 0 Å². The van der Waals surface area contributed by atoms with E-state index in [1.807, 2.05) is 0 Å². The van der Waals surface area contributed by atoms with Crippen molar-refractivity contribution in [2.45, 2.75) is 12.8 Å². The summed E-state index contributed by atoms with van der Waals surface area (Å²) in [4.78, 5) is 10.1. The van der Waals surface area contributed by atoms with Crippen molar-refractivity contribution >= 4 is 13.4 Å². The summed E-state index contributed by atoms with van der Waals surface area (Å²) >= 11 is 0. The standard InChI is InChI=1S/C10H17N3/c1-11-8-10(12-2)9-4-6-13(3)7-5-9/h8-9H,1-2,4-7H2,3H3/b10-8-. The van der Waals surface area contributed by atoms with Gasteiger partial charge in [-0.25, -0.2) is 0 Å². The molecule has 0 atom stereocenters. The second kappa shape index (κ2) is 4.92. The second-order valence-corrected chi connectivity index (χ2v) is 3.47. The summed E-state index contributed by atoms with van der Waals surface area (Å²) in [6.07, 6.45) is 4.02. The van der Waals surface area contributed by atoms with Gasteiger partial charge in [0.15, 0.2) is 0 Å². The molecule has 0 bridgehead atoms. The van der Waals surface area contributed by atoms with E-state index >= 15 is 0 Å². The van der Waals surface area contributed by atoms with Gasteiger partial charge in [0.05, 0.1) is 5.70 Å². The van der Waals surface area contributed by atoms with Crippen LogP contribution in [0.2, 0.25) is 0 Å². The van der Waals surface area contributed by atoms with E-state index in [2.05, 4.69) is 35.4 Å². The zero-order valence-electron chi connectivity index (χ0n) is 8.24. The first-order valence-corrected chi connectivity index (χ1v) is 4.59. The molecule has 1 rings (SSSR count). The molecule has 0 unspecified atom stereocenters. The lowest BCUT2D eigenvalue weighted by atomic mass is 9.94. The number of likely N-dealkylation sites (tertiary alicyclic amines) is 1. The van der Waals surface area contributed by atoms with E-state index in [0.717, 1.165) is 31.6 Å². The number of hydrogen-bond donors (Lipinski definition) is 0. The van der Waals surface area contributed by atoms with Crippen LogP contribution in [0.25, 0.3) is 0 Å². The van der Waals surface area contributed by atoms with Gasteiger partial charge < -0.3 is 4.90 Å². The highest BCUT2D eigenvalue weighted by atomic mass is 15.1. The van der Waals surface area contributed by atoms with E-state index in [-0.39, 0.29) is 0 Å². The normalized spacial score (nSPS) is 21.5. The minimum atomic E-state index is 0.527. The highest BCUT2D eigenvalue weighted by Crippen LogP contribution is 2.24. The molecule has 72 valence electrons. The summed E-state index contributed by atoms with van der Waals surface area (Å²) in [7, 11) is 2.15. The summed E-state index contributed by atoms with van der Waals surface area (Å²) in [6.45, 7) is 9.26. The summed E-state index contributed by atoms with van der Waals surface area (Å²) in [5.74, 6) is 0.527. The highest BCUT2D eigenvalue weighted by Gasteiger charge is 2.19. The summed E-state index contributed by atoms with van der Waals surface area (Å²) in [6, 6.07) is 0. The number of allylic oxidation sites excluding steroid dienone is 1. The molecule has 1 aliphatic heterocycles. The fourth-order valence-electron chi connectivity index (χ4n) is 1.67. The number of nitrogens with zero attached hydrogens (tertiary/aromatic N) is 3. The molecule has 0 spiro atoms. The van der Waals surface area contributed by atoms with Crippen molar-refractivity contribution in [1.29, 1.82) is 0 Å². The Hall–Kier alpha value is -0.960. The first-order valence-electron chi connectivity index (χ1n) is 4.59. The fraction of sp³-hybridized carbons (Fsp3) is 0.600. The smallest absolute Gasteiger partial charge is 0.0610 e. The third-order valence-corrected chi connectivity index (χ3v) is 2.54. The Labute approximate surface area is 79.9 Å². The monoisotopic (exact) mass is 179 g/mol. The fourth-order valence-corrected chi connectivity index (χ4v) is 1.67. The van der Waals surface area contributed by atoms with E-state index in [0.29, 0.717) is 5.92 Å². The quantitative estimate of drug-likeness (QED) is 0.604. The molecule has 0 radical (unpaired) electrons. The Morgan fingerprint density at radius 2 is 2.00 bits per heavy atom. The molecule has 0 aromatic rings. The molecule has 1 aliphatic rings. The highest BCUT2D eigenvalue weighted by molar-refractivity contribution is 5.32. The van der Waals surface area contributed by atoms with Crippen molar-refractivity contribution < 1.29 is 0 Å². The van der Waals surface area contributed by atoms with Gasteiger partial charge in [0.2, 0.25) is 0 Å². The van der Waals surface area contributed by atoms with Crippen LogP contribution in [0.5, 0.6) is 0 Å². The van der Waals surface area contributed by atoms with E-state index in [1.54, 1.807) is 6.20 Å². The van der Waals surface area contributed by atoms with Gasteiger partial charge in [0.1, 0.15) is 0 Å². The lowest BCUT2D eigenvalue weighted by Gasteiger charge is -2.28. The molecule has 1 saturated heterocycles. The maximum atomic E-state index is 3.99. The van der Waals surface area contributed by atoms with Crippen LogP contribution in [0.15, 0.2) is 21.9 Å². The molecule has 0 aromatic carbocycles. The Morgan fingerprint density at radius 3 is 2.46 bits per heavy atom. The van der Waals surface area contributed by atoms with Crippen molar-refractivity contribution in [2.24, 2.45) is 15.9 Å². The zero-order chi connectivity index (χ0) is 9.68. The topological polar surface area (TPSA) is 28.0 Å². The minimum Gasteiger partial charge on any atom is -0.306 e. The zero-order valence-corrected chi connectivity index (χ0v) is 8.24. The first kappa shape index (κ1) is 10.1. The van der Waals surface area contributed by atoms with Crippen LogP contribution in [0, 0.1) is 5.92 Å². The van der Waals surface area contributed by atoms with E-state index < -0.39 is 0 Å². The Balaban J connectivity index is 2.56. The van der Waals surface area contributed by atoms with Gasteiger partial charge in [-0.2, -0.15) is 0 Å². The van der Waals surface area contributed by atoms with Crippen LogP contribution in [0.3, 0.4) is 0 Å². The van der Waals surface area contributed by atoms with Crippen molar-refractivity contribution in [3.8, 4) is 0 Å². The van der Waals surface area contributed by atoms with E-state index in [9.17, 15) is 0 Å². The Morgan fingerprint density at radius 1 is 1.38 bits per heavy atom. The lowest BCUT2D eigenvalue weighted by molar-refractivity contribution is 0.237. The Kier molecular flexibility index (Phi) is 3.83. The third-order valence-electron chi connectivity index (χ3n) is 2.54. The molecule has 0 saturated carbocycles. The first-order chi connectivity index (χ1) is 6.27. The van der Waals surface area contributed by atoms with Crippen LogP contribution < -0.4 is 0 Å². The van der Waals surface area contributed by atoms with E-state index in [1.165, 1.54) is 0 Å². The van der Waals surface area contributed by atoms with Crippen molar-refractivity contribution in [1.82, 2.24) is 4.90 Å². The minimum absolute atomic E-state index is 0.527. The summed E-state index contributed by atoms with van der Waals surface area (Å²) < 4.78 is 0. The van der Waals surface area contributed by atoms with Gasteiger partial charge in [-0.05, 0) is 46.4 Å². The maximum Gasteiger partial charge on any atom is 0.0610 e. The number of aliphatic imine (C=N–C) groups is 2. The number of hydrogen-bond acceptors (Lipinski definition) is 3. The number of rotatable bonds is 3. The molecule has 13 heavy (non-hydrogen) atoms. The SMILES string of the molecule is C=N/C=C(\N=C)C1CCN(C)CC1. The second-order valence-electron chi connectivity index (χ2n) is 3.47. The molecular weight excluding hydrogens is 162 g/mol. The third kappa shape index (κ3) is 2.77. The molecule has 3 nitrogen and oxygen atoms in total.